The zero-order valence-electron chi connectivity index (χ0n) is 22.0. The number of pyridine rings is 1. The molecule has 0 atom stereocenters. The van der Waals surface area contributed by atoms with Crippen LogP contribution in [0.1, 0.15) is 56.4 Å². The summed E-state index contributed by atoms with van der Waals surface area (Å²) < 4.78 is 22.3. The maximum atomic E-state index is 15.2. The second kappa shape index (κ2) is 11.5. The van der Waals surface area contributed by atoms with Crippen LogP contribution in [0.4, 0.5) is 14.9 Å². The fourth-order valence-electron chi connectivity index (χ4n) is 4.19. The van der Waals surface area contributed by atoms with Gasteiger partial charge in [-0.3, -0.25) is 4.79 Å². The number of H-pyrrole nitrogens is 1. The van der Waals surface area contributed by atoms with E-state index in [1.165, 1.54) is 6.20 Å². The Kier molecular flexibility index (Phi) is 8.29. The number of aromatic nitrogens is 3. The number of rotatable bonds is 7. The highest BCUT2D eigenvalue weighted by molar-refractivity contribution is 6.38. The van der Waals surface area contributed by atoms with Crippen molar-refractivity contribution in [3.05, 3.63) is 69.3 Å². The third-order valence-corrected chi connectivity index (χ3v) is 7.11. The number of hydrogen-bond donors (Lipinski definition) is 3. The summed E-state index contributed by atoms with van der Waals surface area (Å²) in [5.74, 6) is -2.06. The minimum absolute atomic E-state index is 0.0202. The molecule has 2 aliphatic rings. The molecule has 0 radical (unpaired) electrons. The summed E-state index contributed by atoms with van der Waals surface area (Å²) in [5.41, 5.74) is -0.386. The average Bonchev–Trinajstić information content (AvgIpc) is 3.33. The van der Waals surface area contributed by atoms with Gasteiger partial charge in [0.2, 0.25) is 5.43 Å². The summed E-state index contributed by atoms with van der Waals surface area (Å²) >= 11 is 6.67. The number of imidazole rings is 1. The summed E-state index contributed by atoms with van der Waals surface area (Å²) in [4.78, 5) is 44.5. The zero-order chi connectivity index (χ0) is 28.3. The summed E-state index contributed by atoms with van der Waals surface area (Å²) in [7, 11) is 0. The molecule has 1 aromatic carbocycles. The van der Waals surface area contributed by atoms with E-state index < -0.39 is 34.5 Å². The topological polar surface area (TPSA) is 130 Å². The van der Waals surface area contributed by atoms with E-state index in [2.05, 4.69) is 15.3 Å². The summed E-state index contributed by atoms with van der Waals surface area (Å²) in [6.45, 7) is 6.53. The number of nitrogens with zero attached hydrogens (tertiary/aromatic N) is 3. The maximum Gasteiger partial charge on any atom is 0.407 e. The Labute approximate surface area is 229 Å². The summed E-state index contributed by atoms with van der Waals surface area (Å²) in [6.07, 6.45) is 10.1. The molecule has 1 amide bonds. The van der Waals surface area contributed by atoms with Crippen molar-refractivity contribution in [1.82, 2.24) is 19.9 Å². The van der Waals surface area contributed by atoms with E-state index in [1.54, 1.807) is 28.2 Å². The van der Waals surface area contributed by atoms with Gasteiger partial charge >= 0.3 is 12.1 Å². The van der Waals surface area contributed by atoms with Crippen molar-refractivity contribution >= 4 is 40.3 Å². The zero-order valence-corrected chi connectivity index (χ0v) is 22.7. The first-order valence-corrected chi connectivity index (χ1v) is 13.0. The minimum Gasteiger partial charge on any atom is -0.477 e. The molecule has 1 fully saturated rings. The van der Waals surface area contributed by atoms with E-state index in [0.717, 1.165) is 24.5 Å². The van der Waals surface area contributed by atoms with Crippen LogP contribution in [-0.2, 0) is 4.74 Å². The highest BCUT2D eigenvalue weighted by atomic mass is 35.5. The van der Waals surface area contributed by atoms with Crippen molar-refractivity contribution < 1.29 is 23.8 Å². The van der Waals surface area contributed by atoms with Gasteiger partial charge in [-0.15, -0.1) is 0 Å². The van der Waals surface area contributed by atoms with Gasteiger partial charge in [0.25, 0.3) is 0 Å². The standard InChI is InChI=1S/C24H27ClFN3O5.C3H4N2/c1-4-24(2,3)34-23(33)27-10-13-7-8-28(11-13)20-17(26)9-15-19(18(20)25)29(14-5-6-14)12-16(21(15)30)22(31)32;1-2-5-3-4-1/h7,9,12,14H,4-6,8,10-11H2,1-3H3,(H,27,33)(H,31,32);1-3H,(H,4,5). The van der Waals surface area contributed by atoms with Gasteiger partial charge in [-0.1, -0.05) is 24.6 Å². The van der Waals surface area contributed by atoms with E-state index in [1.807, 2.05) is 26.8 Å². The van der Waals surface area contributed by atoms with E-state index in [4.69, 9.17) is 16.3 Å². The Bertz CT molecular complexity index is 1450. The largest absolute Gasteiger partial charge is 0.477 e. The lowest BCUT2D eigenvalue weighted by Crippen LogP contribution is -2.35. The smallest absolute Gasteiger partial charge is 0.407 e. The molecule has 3 aromatic rings. The Morgan fingerprint density at radius 2 is 2.10 bits per heavy atom. The number of aromatic carboxylic acids is 1. The quantitative estimate of drug-likeness (QED) is 0.351. The number of aromatic amines is 1. The number of anilines is 1. The molecule has 0 saturated heterocycles. The number of carbonyl (C=O) groups excluding carboxylic acids is 1. The number of fused-ring (bicyclic) bond motifs is 1. The van der Waals surface area contributed by atoms with Crippen LogP contribution >= 0.6 is 11.6 Å². The maximum absolute atomic E-state index is 15.2. The lowest BCUT2D eigenvalue weighted by molar-refractivity contribution is 0.0367. The van der Waals surface area contributed by atoms with Crippen molar-refractivity contribution in [3.8, 4) is 0 Å². The van der Waals surface area contributed by atoms with Gasteiger partial charge < -0.3 is 29.6 Å². The van der Waals surface area contributed by atoms with Gasteiger partial charge in [0.05, 0.1) is 27.9 Å². The first-order chi connectivity index (χ1) is 18.5. The van der Waals surface area contributed by atoms with Crippen molar-refractivity contribution in [2.45, 2.75) is 51.7 Å². The molecule has 1 saturated carbocycles. The summed E-state index contributed by atoms with van der Waals surface area (Å²) in [5, 5.41) is 12.2. The molecule has 1 aliphatic carbocycles. The molecule has 0 bridgehead atoms. The number of carboxylic acids is 1. The van der Waals surface area contributed by atoms with Gasteiger partial charge in [0.1, 0.15) is 17.0 Å². The third-order valence-electron chi connectivity index (χ3n) is 6.75. The number of carbonyl (C=O) groups is 2. The van der Waals surface area contributed by atoms with E-state index in [9.17, 15) is 19.5 Å². The van der Waals surface area contributed by atoms with E-state index >= 15 is 4.39 Å². The lowest BCUT2D eigenvalue weighted by Gasteiger charge is -2.24. The SMILES string of the molecule is CCC(C)(C)OC(=O)NCC1=CCN(c2c(F)cc3c(=O)c(C(=O)O)cn(C4CC4)c3c2Cl)C1.c1c[nH]cn1. The first kappa shape index (κ1) is 28.2. The molecular weight excluding hydrogens is 529 g/mol. The third kappa shape index (κ3) is 6.42. The second-order valence-electron chi connectivity index (χ2n) is 10.1. The molecule has 208 valence electrons. The fourth-order valence-corrected chi connectivity index (χ4v) is 4.60. The molecule has 2 aromatic heterocycles. The summed E-state index contributed by atoms with van der Waals surface area (Å²) in [6, 6.07) is 1.09. The monoisotopic (exact) mass is 559 g/mol. The second-order valence-corrected chi connectivity index (χ2v) is 10.5. The molecule has 5 rings (SSSR count). The molecule has 0 spiro atoms. The van der Waals surface area contributed by atoms with Crippen LogP contribution < -0.4 is 15.6 Å². The number of halogens is 2. The number of nitrogens with one attached hydrogen (secondary N) is 2. The van der Waals surface area contributed by atoms with Crippen molar-refractivity contribution in [1.29, 1.82) is 0 Å². The van der Waals surface area contributed by atoms with Crippen LogP contribution in [0.5, 0.6) is 0 Å². The van der Waals surface area contributed by atoms with Crippen LogP contribution in [0.25, 0.3) is 10.9 Å². The fraction of sp³-hybridized carbons (Fsp3) is 0.407. The van der Waals surface area contributed by atoms with E-state index in [0.29, 0.717) is 25.0 Å². The molecule has 10 nitrogen and oxygen atoms in total. The molecule has 3 heterocycles. The van der Waals surface area contributed by atoms with Crippen molar-refractivity contribution in [2.24, 2.45) is 0 Å². The van der Waals surface area contributed by atoms with Crippen LogP contribution in [0.3, 0.4) is 0 Å². The highest BCUT2D eigenvalue weighted by Crippen LogP contribution is 2.42. The van der Waals surface area contributed by atoms with E-state index in [-0.39, 0.29) is 28.7 Å². The molecular formula is C27H31ClFN5O5. The van der Waals surface area contributed by atoms with Gasteiger partial charge in [-0.25, -0.2) is 19.0 Å². The van der Waals surface area contributed by atoms with Crippen LogP contribution in [0.2, 0.25) is 5.02 Å². The average molecular weight is 560 g/mol. The number of alkyl carbamates (subject to hydrolysis) is 1. The van der Waals surface area contributed by atoms with Gasteiger partial charge in [-0.05, 0) is 44.7 Å². The van der Waals surface area contributed by atoms with Crippen LogP contribution in [0.15, 0.2) is 47.4 Å². The number of amides is 1. The van der Waals surface area contributed by atoms with Crippen LogP contribution in [-0.4, -0.2) is 56.9 Å². The van der Waals surface area contributed by atoms with Gasteiger partial charge in [-0.2, -0.15) is 0 Å². The normalized spacial score (nSPS) is 15.0. The lowest BCUT2D eigenvalue weighted by atomic mass is 10.1. The molecule has 0 unspecified atom stereocenters. The number of benzene rings is 1. The molecule has 1 aliphatic heterocycles. The molecule has 3 N–H and O–H groups in total. The van der Waals surface area contributed by atoms with Gasteiger partial charge in [0, 0.05) is 44.3 Å². The first-order valence-electron chi connectivity index (χ1n) is 12.6. The number of carboxylic acid groups (broad SMARTS) is 1. The van der Waals surface area contributed by atoms with Crippen LogP contribution in [0, 0.1) is 5.82 Å². The van der Waals surface area contributed by atoms with Crippen molar-refractivity contribution in [3.63, 3.8) is 0 Å². The Balaban J connectivity index is 0.000000634. The van der Waals surface area contributed by atoms with Gasteiger partial charge in [0.15, 0.2) is 0 Å². The predicted octanol–water partition coefficient (Wildman–Crippen LogP) is 4.90. The Hall–Kier alpha value is -3.86. The van der Waals surface area contributed by atoms with Crippen molar-refractivity contribution in [2.75, 3.05) is 24.5 Å². The highest BCUT2D eigenvalue weighted by Gasteiger charge is 2.31. The predicted molar refractivity (Wildman–Crippen MR) is 146 cm³/mol. The minimum atomic E-state index is -1.36. The Morgan fingerprint density at radius 1 is 1.36 bits per heavy atom. The number of hydrogen-bond acceptors (Lipinski definition) is 6. The molecule has 12 heteroatoms. The molecule has 39 heavy (non-hydrogen) atoms. The number of ether oxygens (including phenoxy) is 1. The Morgan fingerprint density at radius 3 is 2.67 bits per heavy atom.